The van der Waals surface area contributed by atoms with Gasteiger partial charge in [-0.05, 0) is 66.8 Å². The molecule has 0 aliphatic carbocycles. The van der Waals surface area contributed by atoms with Crippen LogP contribution in [0.25, 0.3) is 21.7 Å². The van der Waals surface area contributed by atoms with Gasteiger partial charge < -0.3 is 24.3 Å². The summed E-state index contributed by atoms with van der Waals surface area (Å²) in [7, 11) is 1.58. The maximum Gasteiger partial charge on any atom is 0.256 e. The van der Waals surface area contributed by atoms with Crippen LogP contribution in [-0.4, -0.2) is 62.4 Å². The van der Waals surface area contributed by atoms with Crippen LogP contribution >= 0.6 is 0 Å². The second-order valence-corrected chi connectivity index (χ2v) is 10.7. The number of rotatable bonds is 10. The Kier molecular flexibility index (Phi) is 8.86. The Hall–Kier alpha value is -4.73. The van der Waals surface area contributed by atoms with Gasteiger partial charge in [-0.25, -0.2) is 4.39 Å². The molecule has 0 saturated carbocycles. The molecule has 1 aliphatic rings. The fourth-order valence-corrected chi connectivity index (χ4v) is 5.40. The van der Waals surface area contributed by atoms with Crippen molar-refractivity contribution in [3.8, 4) is 23.0 Å². The molecule has 1 aliphatic heterocycles. The summed E-state index contributed by atoms with van der Waals surface area (Å²) in [6.45, 7) is 6.83. The summed E-state index contributed by atoms with van der Waals surface area (Å²) < 4.78 is 39.1. The molecule has 8 nitrogen and oxygen atoms in total. The van der Waals surface area contributed by atoms with E-state index in [0.717, 1.165) is 44.8 Å². The first-order valence-electron chi connectivity index (χ1n) is 14.7. The lowest BCUT2D eigenvalue weighted by Gasteiger charge is -2.26. The number of hydrogen-bond acceptors (Lipinski definition) is 7. The van der Waals surface area contributed by atoms with E-state index < -0.39 is 5.82 Å². The molecule has 6 rings (SSSR count). The molecule has 2 heterocycles. The van der Waals surface area contributed by atoms with Gasteiger partial charge in [0.05, 0.1) is 32.4 Å². The average Bonchev–Trinajstić information content (AvgIpc) is 3.04. The third-order valence-electron chi connectivity index (χ3n) is 7.67. The monoisotopic (exact) mass is 595 g/mol. The van der Waals surface area contributed by atoms with Gasteiger partial charge in [0.15, 0.2) is 23.1 Å². The van der Waals surface area contributed by atoms with Gasteiger partial charge in [0.2, 0.25) is 0 Å². The number of nitrogens with zero attached hydrogens (tertiary/aromatic N) is 2. The van der Waals surface area contributed by atoms with Crippen molar-refractivity contribution >= 4 is 33.3 Å². The van der Waals surface area contributed by atoms with Crippen LogP contribution in [0.5, 0.6) is 23.0 Å². The standard InChI is InChI=1S/C35H34FN3O5/c1-23-6-3-7-24(20-23)38-35(40)27-9-4-8-26-25(27)10-11-31(34(26)36)44-30-12-13-37-29-22-33(32(41-2)21-28(29)30)43-17-5-14-39-15-18-42-19-16-39/h3-4,6-13,20-22H,5,14-19H2,1-2H3,(H,38,40). The van der Waals surface area contributed by atoms with Gasteiger partial charge in [-0.2, -0.15) is 0 Å². The maximum absolute atomic E-state index is 15.9. The SMILES string of the molecule is COc1cc2c(Oc3ccc4c(C(=O)Nc5cccc(C)c5)cccc4c3F)ccnc2cc1OCCCN1CCOCC1. The number of anilines is 1. The van der Waals surface area contributed by atoms with Crippen LogP contribution in [0.2, 0.25) is 0 Å². The van der Waals surface area contributed by atoms with E-state index >= 15 is 4.39 Å². The number of aromatic nitrogens is 1. The zero-order valence-electron chi connectivity index (χ0n) is 24.8. The predicted molar refractivity (Wildman–Crippen MR) is 169 cm³/mol. The van der Waals surface area contributed by atoms with E-state index in [-0.39, 0.29) is 17.0 Å². The lowest BCUT2D eigenvalue weighted by atomic mass is 10.0. The van der Waals surface area contributed by atoms with E-state index in [1.165, 1.54) is 6.07 Å². The number of amides is 1. The van der Waals surface area contributed by atoms with Gasteiger partial charge in [0, 0.05) is 53.9 Å². The minimum Gasteiger partial charge on any atom is -0.493 e. The second kappa shape index (κ2) is 13.3. The van der Waals surface area contributed by atoms with Crippen LogP contribution < -0.4 is 19.5 Å². The first kappa shape index (κ1) is 29.3. The van der Waals surface area contributed by atoms with Crippen molar-refractivity contribution in [1.29, 1.82) is 0 Å². The van der Waals surface area contributed by atoms with Crippen molar-refractivity contribution in [3.05, 3.63) is 95.9 Å². The van der Waals surface area contributed by atoms with Crippen molar-refractivity contribution < 1.29 is 28.1 Å². The third kappa shape index (κ3) is 6.44. The highest BCUT2D eigenvalue weighted by atomic mass is 19.1. The molecular formula is C35H34FN3O5. The Bertz CT molecular complexity index is 1810. The molecule has 9 heteroatoms. The Labute approximate surface area is 255 Å². The van der Waals surface area contributed by atoms with Gasteiger partial charge in [0.1, 0.15) is 5.75 Å². The first-order valence-corrected chi connectivity index (χ1v) is 14.7. The van der Waals surface area contributed by atoms with Crippen molar-refractivity contribution in [2.24, 2.45) is 0 Å². The lowest BCUT2D eigenvalue weighted by Crippen LogP contribution is -2.37. The first-order chi connectivity index (χ1) is 21.5. The molecule has 0 radical (unpaired) electrons. The molecule has 0 bridgehead atoms. The number of carbonyl (C=O) groups excluding carboxylic acids is 1. The van der Waals surface area contributed by atoms with Gasteiger partial charge in [-0.1, -0.05) is 24.3 Å². The van der Waals surface area contributed by atoms with Gasteiger partial charge in [0.25, 0.3) is 5.91 Å². The van der Waals surface area contributed by atoms with Crippen molar-refractivity contribution in [3.63, 3.8) is 0 Å². The summed E-state index contributed by atoms with van der Waals surface area (Å²) >= 11 is 0. The number of ether oxygens (including phenoxy) is 4. The number of fused-ring (bicyclic) bond motifs is 2. The van der Waals surface area contributed by atoms with Crippen LogP contribution in [-0.2, 0) is 4.74 Å². The smallest absolute Gasteiger partial charge is 0.256 e. The zero-order chi connectivity index (χ0) is 30.5. The number of aryl methyl sites for hydroxylation is 1. The maximum atomic E-state index is 15.9. The summed E-state index contributed by atoms with van der Waals surface area (Å²) in [5.41, 5.74) is 2.70. The number of pyridine rings is 1. The Morgan fingerprint density at radius 2 is 1.77 bits per heavy atom. The quantitative estimate of drug-likeness (QED) is 0.174. The molecule has 5 aromatic rings. The Morgan fingerprint density at radius 1 is 0.932 bits per heavy atom. The molecule has 0 atom stereocenters. The largest absolute Gasteiger partial charge is 0.493 e. The van der Waals surface area contributed by atoms with E-state index in [9.17, 15) is 4.79 Å². The number of morpholine rings is 1. The highest BCUT2D eigenvalue weighted by molar-refractivity contribution is 6.13. The summed E-state index contributed by atoms with van der Waals surface area (Å²) in [6, 6.07) is 21.0. The summed E-state index contributed by atoms with van der Waals surface area (Å²) in [6.07, 6.45) is 2.48. The molecule has 1 aromatic heterocycles. The fraction of sp³-hybridized carbons (Fsp3) is 0.257. The zero-order valence-corrected chi connectivity index (χ0v) is 24.8. The van der Waals surface area contributed by atoms with E-state index in [1.54, 1.807) is 49.7 Å². The number of halogens is 1. The van der Waals surface area contributed by atoms with Crippen LogP contribution in [0.4, 0.5) is 10.1 Å². The van der Waals surface area contributed by atoms with E-state index in [4.69, 9.17) is 18.9 Å². The molecule has 1 fully saturated rings. The molecular weight excluding hydrogens is 561 g/mol. The Balaban J connectivity index is 1.22. The molecule has 4 aromatic carbocycles. The highest BCUT2D eigenvalue weighted by Gasteiger charge is 2.18. The van der Waals surface area contributed by atoms with Crippen molar-refractivity contribution in [2.75, 3.05) is 51.9 Å². The van der Waals surface area contributed by atoms with Crippen molar-refractivity contribution in [1.82, 2.24) is 9.88 Å². The lowest BCUT2D eigenvalue weighted by molar-refractivity contribution is 0.0357. The third-order valence-corrected chi connectivity index (χ3v) is 7.67. The number of carbonyl (C=O) groups is 1. The Morgan fingerprint density at radius 3 is 2.59 bits per heavy atom. The second-order valence-electron chi connectivity index (χ2n) is 10.7. The molecule has 1 N–H and O–H groups in total. The average molecular weight is 596 g/mol. The topological polar surface area (TPSA) is 82.2 Å². The summed E-state index contributed by atoms with van der Waals surface area (Å²) in [4.78, 5) is 20.0. The summed E-state index contributed by atoms with van der Waals surface area (Å²) in [5.74, 6) is 0.679. The predicted octanol–water partition coefficient (Wildman–Crippen LogP) is 6.99. The fourth-order valence-electron chi connectivity index (χ4n) is 5.40. The minimum atomic E-state index is -0.565. The highest BCUT2D eigenvalue weighted by Crippen LogP contribution is 2.39. The van der Waals surface area contributed by atoms with E-state index in [1.807, 2.05) is 37.3 Å². The van der Waals surface area contributed by atoms with Crippen LogP contribution in [0.15, 0.2) is 79.0 Å². The summed E-state index contributed by atoms with van der Waals surface area (Å²) in [5, 5.41) is 4.32. The molecule has 1 amide bonds. The van der Waals surface area contributed by atoms with E-state index in [2.05, 4.69) is 15.2 Å². The van der Waals surface area contributed by atoms with Crippen LogP contribution in [0.3, 0.4) is 0 Å². The number of benzene rings is 4. The van der Waals surface area contributed by atoms with Crippen LogP contribution in [0.1, 0.15) is 22.3 Å². The molecule has 226 valence electrons. The molecule has 0 unspecified atom stereocenters. The normalized spacial score (nSPS) is 13.6. The van der Waals surface area contributed by atoms with Crippen molar-refractivity contribution in [2.45, 2.75) is 13.3 Å². The van der Waals surface area contributed by atoms with Gasteiger partial charge in [-0.3, -0.25) is 14.7 Å². The molecule has 0 spiro atoms. The van der Waals surface area contributed by atoms with Gasteiger partial charge >= 0.3 is 0 Å². The molecule has 1 saturated heterocycles. The molecule has 44 heavy (non-hydrogen) atoms. The number of hydrogen-bond donors (Lipinski definition) is 1. The minimum absolute atomic E-state index is 0.0312. The van der Waals surface area contributed by atoms with Gasteiger partial charge in [-0.15, -0.1) is 0 Å². The number of methoxy groups -OCH3 is 1. The number of nitrogens with one attached hydrogen (secondary N) is 1. The van der Waals surface area contributed by atoms with Crippen LogP contribution in [0, 0.1) is 12.7 Å². The van der Waals surface area contributed by atoms with E-state index in [0.29, 0.717) is 51.4 Å².